The van der Waals surface area contributed by atoms with Crippen LogP contribution in [0.15, 0.2) is 28.9 Å². The maximum Gasteiger partial charge on any atom is 0.319 e. The van der Waals surface area contributed by atoms with E-state index in [0.717, 1.165) is 0 Å². The lowest BCUT2D eigenvalue weighted by Gasteiger charge is -2.11. The number of nitrogen functional groups attached to an aromatic ring is 1. The molecule has 0 radical (unpaired) electrons. The number of benzene rings is 1. The number of carbonyl (C=O) groups excluding carboxylic acids is 1. The van der Waals surface area contributed by atoms with Crippen molar-refractivity contribution in [3.05, 3.63) is 45.6 Å². The highest BCUT2D eigenvalue weighted by molar-refractivity contribution is 6.23. The molecule has 0 bridgehead atoms. The van der Waals surface area contributed by atoms with E-state index in [1.807, 2.05) is 0 Å². The molecule has 0 fully saturated rings. The molecule has 0 aliphatic rings. The molecule has 1 amide bonds. The van der Waals surface area contributed by atoms with Crippen LogP contribution in [0, 0.1) is 10.1 Å². The van der Waals surface area contributed by atoms with Gasteiger partial charge in [0.1, 0.15) is 6.61 Å². The summed E-state index contributed by atoms with van der Waals surface area (Å²) in [6.45, 7) is -0.0849. The van der Waals surface area contributed by atoms with Gasteiger partial charge in [0.05, 0.1) is 4.92 Å². The highest BCUT2D eigenvalue weighted by Gasteiger charge is 2.22. The molecule has 0 aliphatic heterocycles. The van der Waals surface area contributed by atoms with E-state index in [-0.39, 0.29) is 23.8 Å². The van der Waals surface area contributed by atoms with Gasteiger partial charge in [-0.3, -0.25) is 19.7 Å². The number of hydrogen-bond donors (Lipinski definition) is 1. The lowest BCUT2D eigenvalue weighted by atomic mass is 10.2. The van der Waals surface area contributed by atoms with E-state index in [0.29, 0.717) is 10.1 Å². The Bertz CT molecular complexity index is 658. The molecule has 1 aromatic carbocycles. The first-order valence-corrected chi connectivity index (χ1v) is 5.77. The van der Waals surface area contributed by atoms with Crippen LogP contribution in [0.5, 0.6) is 0 Å². The number of rotatable bonds is 5. The van der Waals surface area contributed by atoms with E-state index in [2.05, 4.69) is 14.9 Å². The molecule has 110 valence electrons. The van der Waals surface area contributed by atoms with Crippen molar-refractivity contribution in [2.45, 2.75) is 6.61 Å². The summed E-state index contributed by atoms with van der Waals surface area (Å²) in [6, 6.07) is 5.55. The normalized spacial score (nSPS) is 10.3. The second kappa shape index (κ2) is 6.15. The average Bonchev–Trinajstić information content (AvgIpc) is 2.90. The van der Waals surface area contributed by atoms with E-state index in [4.69, 9.17) is 22.3 Å². The average molecular weight is 314 g/mol. The van der Waals surface area contributed by atoms with Gasteiger partial charge in [-0.1, -0.05) is 0 Å². The van der Waals surface area contributed by atoms with Crippen molar-refractivity contribution in [3.63, 3.8) is 0 Å². The van der Waals surface area contributed by atoms with Gasteiger partial charge in [-0.05, 0) is 28.0 Å². The van der Waals surface area contributed by atoms with E-state index >= 15 is 0 Å². The maximum atomic E-state index is 11.7. The van der Waals surface area contributed by atoms with E-state index in [1.165, 1.54) is 24.3 Å². The van der Waals surface area contributed by atoms with Crippen molar-refractivity contribution in [2.75, 3.05) is 5.73 Å². The molecule has 1 aromatic heterocycles. The van der Waals surface area contributed by atoms with Crippen molar-refractivity contribution < 1.29 is 19.2 Å². The Kier molecular flexibility index (Phi) is 4.30. The summed E-state index contributed by atoms with van der Waals surface area (Å²) in [5.41, 5.74) is 5.57. The summed E-state index contributed by atoms with van der Waals surface area (Å²) in [4.78, 5) is 26.7. The van der Waals surface area contributed by atoms with Gasteiger partial charge in [0.25, 0.3) is 5.69 Å². The van der Waals surface area contributed by atoms with Crippen molar-refractivity contribution in [1.29, 1.82) is 0 Å². The van der Waals surface area contributed by atoms with Crippen molar-refractivity contribution >= 4 is 29.2 Å². The monoisotopic (exact) mass is 313 g/mol. The Morgan fingerprint density at radius 3 is 2.62 bits per heavy atom. The summed E-state index contributed by atoms with van der Waals surface area (Å²) in [7, 11) is 0. The molecule has 0 saturated heterocycles. The van der Waals surface area contributed by atoms with Gasteiger partial charge in [0.15, 0.2) is 0 Å². The molecule has 10 nitrogen and oxygen atoms in total. The van der Waals surface area contributed by atoms with Crippen LogP contribution in [0.25, 0.3) is 0 Å². The number of anilines is 1. The standard InChI is InChI=1S/C10H8ClN5O5/c11-15(10(17)8-9(12)14-21-13-8)20-5-6-1-3-7(4-2-6)16(18)19/h1-4H,5H2,(H2,12,14). The molecular weight excluding hydrogens is 306 g/mol. The molecule has 2 N–H and O–H groups in total. The summed E-state index contributed by atoms with van der Waals surface area (Å²) in [6.07, 6.45) is 0. The first-order chi connectivity index (χ1) is 9.99. The number of halogens is 1. The van der Waals surface area contributed by atoms with Crippen LogP contribution in [0.2, 0.25) is 0 Å². The SMILES string of the molecule is Nc1nonc1C(=O)N(Cl)OCc1ccc([N+](=O)[O-])cc1. The lowest BCUT2D eigenvalue weighted by Crippen LogP contribution is -2.23. The highest BCUT2D eigenvalue weighted by atomic mass is 35.5. The number of nitrogens with two attached hydrogens (primary N) is 1. The number of nitro benzene ring substituents is 1. The molecule has 0 aliphatic carbocycles. The molecule has 0 atom stereocenters. The number of hydroxylamine groups is 1. The predicted octanol–water partition coefficient (Wildman–Crippen LogP) is 1.29. The highest BCUT2D eigenvalue weighted by Crippen LogP contribution is 2.15. The number of aromatic nitrogens is 2. The van der Waals surface area contributed by atoms with Crippen molar-refractivity contribution in [2.24, 2.45) is 0 Å². The lowest BCUT2D eigenvalue weighted by molar-refractivity contribution is -0.384. The zero-order chi connectivity index (χ0) is 15.4. The Hall–Kier alpha value is -2.72. The first kappa shape index (κ1) is 14.7. The molecule has 2 rings (SSSR count). The zero-order valence-electron chi connectivity index (χ0n) is 10.3. The van der Waals surface area contributed by atoms with Crippen LogP contribution in [0.4, 0.5) is 11.5 Å². The number of amides is 1. The van der Waals surface area contributed by atoms with Crippen molar-refractivity contribution in [1.82, 2.24) is 14.9 Å². The van der Waals surface area contributed by atoms with E-state index in [1.54, 1.807) is 0 Å². The molecule has 0 spiro atoms. The van der Waals surface area contributed by atoms with Crippen LogP contribution in [-0.2, 0) is 11.4 Å². The summed E-state index contributed by atoms with van der Waals surface area (Å²) in [5, 5.41) is 17.0. The summed E-state index contributed by atoms with van der Waals surface area (Å²) < 4.78 is 4.66. The van der Waals surface area contributed by atoms with Gasteiger partial charge in [-0.25, -0.2) is 4.63 Å². The number of nitrogens with zero attached hydrogens (tertiary/aromatic N) is 4. The van der Waals surface area contributed by atoms with Crippen LogP contribution < -0.4 is 5.73 Å². The third kappa shape index (κ3) is 3.43. The first-order valence-electron chi connectivity index (χ1n) is 5.43. The van der Waals surface area contributed by atoms with Crippen LogP contribution in [0.1, 0.15) is 16.1 Å². The number of carbonyl (C=O) groups is 1. The van der Waals surface area contributed by atoms with E-state index in [9.17, 15) is 14.9 Å². The molecule has 0 unspecified atom stereocenters. The molecule has 2 aromatic rings. The fourth-order valence-corrected chi connectivity index (χ4v) is 1.46. The topological polar surface area (TPSA) is 138 Å². The van der Waals surface area contributed by atoms with Crippen molar-refractivity contribution in [3.8, 4) is 0 Å². The van der Waals surface area contributed by atoms with Crippen LogP contribution in [-0.4, -0.2) is 25.7 Å². The van der Waals surface area contributed by atoms with Gasteiger partial charge in [-0.15, -0.1) is 4.58 Å². The van der Waals surface area contributed by atoms with Gasteiger partial charge < -0.3 is 5.73 Å². The number of hydrogen-bond acceptors (Lipinski definition) is 8. The minimum Gasteiger partial charge on any atom is -0.379 e. The Balaban J connectivity index is 1.95. The Morgan fingerprint density at radius 1 is 1.43 bits per heavy atom. The molecule has 1 heterocycles. The number of non-ortho nitro benzene ring substituents is 1. The quantitative estimate of drug-likeness (QED) is 0.495. The summed E-state index contributed by atoms with van der Waals surface area (Å²) >= 11 is 5.61. The van der Waals surface area contributed by atoms with E-state index < -0.39 is 10.8 Å². The van der Waals surface area contributed by atoms with Crippen LogP contribution in [0.3, 0.4) is 0 Å². The minimum absolute atomic E-state index is 0.0565. The largest absolute Gasteiger partial charge is 0.379 e. The second-order valence-corrected chi connectivity index (χ2v) is 4.05. The van der Waals surface area contributed by atoms with Gasteiger partial charge in [0, 0.05) is 23.9 Å². The third-order valence-electron chi connectivity index (χ3n) is 2.37. The van der Waals surface area contributed by atoms with Crippen LogP contribution >= 0.6 is 11.8 Å². The molecule has 0 saturated carbocycles. The smallest absolute Gasteiger partial charge is 0.319 e. The Morgan fingerprint density at radius 2 is 2.10 bits per heavy atom. The molecular formula is C10H8ClN5O5. The van der Waals surface area contributed by atoms with Gasteiger partial charge in [0.2, 0.25) is 11.5 Å². The molecule has 11 heteroatoms. The predicted molar refractivity (Wildman–Crippen MR) is 68.6 cm³/mol. The zero-order valence-corrected chi connectivity index (χ0v) is 11.1. The fraction of sp³-hybridized carbons (Fsp3) is 0.100. The van der Waals surface area contributed by atoms with Gasteiger partial charge >= 0.3 is 5.91 Å². The summed E-state index contributed by atoms with van der Waals surface area (Å²) in [5.74, 6) is -1.07. The number of nitro groups is 1. The van der Waals surface area contributed by atoms with Gasteiger partial charge in [-0.2, -0.15) is 0 Å². The maximum absolute atomic E-state index is 11.7. The molecule has 21 heavy (non-hydrogen) atoms. The fourth-order valence-electron chi connectivity index (χ4n) is 1.33. The minimum atomic E-state index is -0.850. The Labute approximate surface area is 122 Å². The second-order valence-electron chi connectivity index (χ2n) is 3.75. The third-order valence-corrected chi connectivity index (χ3v) is 2.62.